The third-order valence-corrected chi connectivity index (χ3v) is 3.17. The van der Waals surface area contributed by atoms with Crippen LogP contribution in [0.2, 0.25) is 0 Å². The number of rotatable bonds is 3. The fourth-order valence-electron chi connectivity index (χ4n) is 2.03. The van der Waals surface area contributed by atoms with Crippen LogP contribution >= 0.6 is 0 Å². The van der Waals surface area contributed by atoms with Crippen molar-refractivity contribution in [2.45, 2.75) is 37.4 Å². The molecule has 1 aromatic carbocycles. The Hall–Kier alpha value is -1.09. The number of nitrogens with two attached hydrogens (primary N) is 1. The third-order valence-electron chi connectivity index (χ3n) is 3.17. The molecule has 2 N–H and O–H groups in total. The van der Waals surface area contributed by atoms with Crippen LogP contribution < -0.4 is 10.5 Å². The monoisotopic (exact) mass is 223 g/mol. The Kier molecular flexibility index (Phi) is 3.44. The maximum atomic E-state index is 14.3. The minimum Gasteiger partial charge on any atom is -0.490 e. The molecule has 0 aromatic heterocycles. The highest BCUT2D eigenvalue weighted by atomic mass is 19.1. The summed E-state index contributed by atoms with van der Waals surface area (Å²) in [6, 6.07) is 9.54. The molecular formula is C13H18FNO. The second kappa shape index (κ2) is 4.83. The van der Waals surface area contributed by atoms with E-state index < -0.39 is 5.67 Å². The van der Waals surface area contributed by atoms with Gasteiger partial charge in [0.05, 0.1) is 0 Å². The molecule has 2 nitrogen and oxygen atoms in total. The van der Waals surface area contributed by atoms with Gasteiger partial charge in [-0.25, -0.2) is 4.39 Å². The summed E-state index contributed by atoms with van der Waals surface area (Å²) in [6.07, 6.45) is 2.55. The van der Waals surface area contributed by atoms with Crippen molar-refractivity contribution in [3.63, 3.8) is 0 Å². The molecule has 16 heavy (non-hydrogen) atoms. The Morgan fingerprint density at radius 1 is 1.25 bits per heavy atom. The minimum absolute atomic E-state index is 0.143. The standard InChI is InChI=1S/C13H18FNO/c14-13(8-6-11(15)7-9-13)10-16-12-4-2-1-3-5-12/h1-5,11H,6-10,15H2. The minimum atomic E-state index is -1.19. The smallest absolute Gasteiger partial charge is 0.144 e. The molecular weight excluding hydrogens is 205 g/mol. The molecule has 0 atom stereocenters. The third kappa shape index (κ3) is 2.95. The van der Waals surface area contributed by atoms with Crippen molar-refractivity contribution >= 4 is 0 Å². The van der Waals surface area contributed by atoms with Gasteiger partial charge in [0.1, 0.15) is 18.0 Å². The van der Waals surface area contributed by atoms with E-state index in [0.29, 0.717) is 12.8 Å². The quantitative estimate of drug-likeness (QED) is 0.855. The molecule has 3 heteroatoms. The Morgan fingerprint density at radius 3 is 2.50 bits per heavy atom. The Morgan fingerprint density at radius 2 is 1.88 bits per heavy atom. The molecule has 88 valence electrons. The Bertz CT molecular complexity index is 320. The first-order valence-corrected chi connectivity index (χ1v) is 5.80. The van der Waals surface area contributed by atoms with Crippen molar-refractivity contribution in [1.82, 2.24) is 0 Å². The van der Waals surface area contributed by atoms with Gasteiger partial charge in [-0.3, -0.25) is 0 Å². The maximum Gasteiger partial charge on any atom is 0.144 e. The van der Waals surface area contributed by atoms with Crippen LogP contribution in [0.25, 0.3) is 0 Å². The molecule has 0 unspecified atom stereocenters. The first kappa shape index (κ1) is 11.4. The van der Waals surface area contributed by atoms with Crippen LogP contribution in [0.5, 0.6) is 5.75 Å². The number of halogens is 1. The summed E-state index contributed by atoms with van der Waals surface area (Å²) < 4.78 is 19.7. The van der Waals surface area contributed by atoms with E-state index >= 15 is 0 Å². The first-order chi connectivity index (χ1) is 7.68. The van der Waals surface area contributed by atoms with E-state index in [1.807, 2.05) is 30.3 Å². The highest BCUT2D eigenvalue weighted by Crippen LogP contribution is 2.31. The summed E-state index contributed by atoms with van der Waals surface area (Å²) in [5, 5.41) is 0. The van der Waals surface area contributed by atoms with Gasteiger partial charge in [0.15, 0.2) is 0 Å². The number of hydrogen-bond acceptors (Lipinski definition) is 2. The van der Waals surface area contributed by atoms with E-state index in [0.717, 1.165) is 18.6 Å². The van der Waals surface area contributed by atoms with Gasteiger partial charge in [-0.05, 0) is 37.8 Å². The molecule has 1 aliphatic rings. The normalized spacial score (nSPS) is 30.0. The molecule has 0 radical (unpaired) electrons. The van der Waals surface area contributed by atoms with Gasteiger partial charge in [0.25, 0.3) is 0 Å². The summed E-state index contributed by atoms with van der Waals surface area (Å²) in [5.41, 5.74) is 4.57. The van der Waals surface area contributed by atoms with Gasteiger partial charge in [-0.1, -0.05) is 18.2 Å². The van der Waals surface area contributed by atoms with Crippen LogP contribution in [0.1, 0.15) is 25.7 Å². The average molecular weight is 223 g/mol. The molecule has 1 saturated carbocycles. The van der Waals surface area contributed by atoms with Crippen molar-refractivity contribution in [1.29, 1.82) is 0 Å². The number of benzene rings is 1. The lowest BCUT2D eigenvalue weighted by atomic mass is 9.84. The summed E-state index contributed by atoms with van der Waals surface area (Å²) in [4.78, 5) is 0. The molecule has 0 saturated heterocycles. The Labute approximate surface area is 95.6 Å². The summed E-state index contributed by atoms with van der Waals surface area (Å²) in [6.45, 7) is 0.143. The number of para-hydroxylation sites is 1. The predicted molar refractivity (Wildman–Crippen MR) is 62.2 cm³/mol. The van der Waals surface area contributed by atoms with Gasteiger partial charge < -0.3 is 10.5 Å². The van der Waals surface area contributed by atoms with Crippen LogP contribution in [-0.2, 0) is 0 Å². The van der Waals surface area contributed by atoms with Gasteiger partial charge in [-0.15, -0.1) is 0 Å². The highest BCUT2D eigenvalue weighted by molar-refractivity contribution is 5.21. The summed E-state index contributed by atoms with van der Waals surface area (Å²) in [5.74, 6) is 0.731. The molecule has 1 aliphatic carbocycles. The van der Waals surface area contributed by atoms with Gasteiger partial charge >= 0.3 is 0 Å². The van der Waals surface area contributed by atoms with Crippen molar-refractivity contribution < 1.29 is 9.13 Å². The van der Waals surface area contributed by atoms with Gasteiger partial charge in [0, 0.05) is 6.04 Å². The van der Waals surface area contributed by atoms with Crippen LogP contribution in [0.4, 0.5) is 4.39 Å². The lowest BCUT2D eigenvalue weighted by Crippen LogP contribution is -2.39. The van der Waals surface area contributed by atoms with Crippen LogP contribution in [-0.4, -0.2) is 18.3 Å². The number of ether oxygens (including phenoxy) is 1. The van der Waals surface area contributed by atoms with Crippen LogP contribution in [0.3, 0.4) is 0 Å². The van der Waals surface area contributed by atoms with Gasteiger partial charge in [-0.2, -0.15) is 0 Å². The maximum absolute atomic E-state index is 14.3. The molecule has 0 amide bonds. The van der Waals surface area contributed by atoms with E-state index in [1.165, 1.54) is 0 Å². The van der Waals surface area contributed by atoms with E-state index in [9.17, 15) is 4.39 Å². The van der Waals surface area contributed by atoms with Gasteiger partial charge in [0.2, 0.25) is 0 Å². The second-order valence-electron chi connectivity index (χ2n) is 4.59. The predicted octanol–water partition coefficient (Wildman–Crippen LogP) is 2.68. The molecule has 0 heterocycles. The number of alkyl halides is 1. The SMILES string of the molecule is NC1CCC(F)(COc2ccccc2)CC1. The molecule has 1 fully saturated rings. The summed E-state index contributed by atoms with van der Waals surface area (Å²) in [7, 11) is 0. The van der Waals surface area contributed by atoms with Crippen molar-refractivity contribution in [2.75, 3.05) is 6.61 Å². The lowest BCUT2D eigenvalue weighted by molar-refractivity contribution is 0.0428. The Balaban J connectivity index is 1.85. The summed E-state index contributed by atoms with van der Waals surface area (Å²) >= 11 is 0. The van der Waals surface area contributed by atoms with E-state index in [-0.39, 0.29) is 12.6 Å². The first-order valence-electron chi connectivity index (χ1n) is 5.80. The number of hydrogen-bond donors (Lipinski definition) is 1. The van der Waals surface area contributed by atoms with E-state index in [4.69, 9.17) is 10.5 Å². The average Bonchev–Trinajstić information content (AvgIpc) is 2.33. The lowest BCUT2D eigenvalue weighted by Gasteiger charge is -2.32. The van der Waals surface area contributed by atoms with E-state index in [2.05, 4.69) is 0 Å². The fourth-order valence-corrected chi connectivity index (χ4v) is 2.03. The topological polar surface area (TPSA) is 35.2 Å². The zero-order valence-electron chi connectivity index (χ0n) is 9.36. The zero-order chi connectivity index (χ0) is 11.4. The highest BCUT2D eigenvalue weighted by Gasteiger charge is 2.35. The molecule has 1 aromatic rings. The van der Waals surface area contributed by atoms with Crippen molar-refractivity contribution in [3.05, 3.63) is 30.3 Å². The molecule has 2 rings (SSSR count). The van der Waals surface area contributed by atoms with Crippen LogP contribution in [0.15, 0.2) is 30.3 Å². The largest absolute Gasteiger partial charge is 0.490 e. The fraction of sp³-hybridized carbons (Fsp3) is 0.538. The van der Waals surface area contributed by atoms with E-state index in [1.54, 1.807) is 0 Å². The molecule has 0 aliphatic heterocycles. The van der Waals surface area contributed by atoms with Crippen molar-refractivity contribution in [2.24, 2.45) is 5.73 Å². The zero-order valence-corrected chi connectivity index (χ0v) is 9.36. The van der Waals surface area contributed by atoms with Crippen molar-refractivity contribution in [3.8, 4) is 5.75 Å². The second-order valence-corrected chi connectivity index (χ2v) is 4.59. The molecule has 0 bridgehead atoms. The van der Waals surface area contributed by atoms with Crippen LogP contribution in [0, 0.1) is 0 Å². The molecule has 0 spiro atoms.